The van der Waals surface area contributed by atoms with Crippen molar-refractivity contribution in [3.63, 3.8) is 0 Å². The van der Waals surface area contributed by atoms with Crippen LogP contribution in [0.3, 0.4) is 0 Å². The number of hydrazone groups is 1. The Balaban J connectivity index is 1.66. The molecule has 0 saturated carbocycles. The smallest absolute Gasteiger partial charge is 0.271 e. The van der Waals surface area contributed by atoms with E-state index in [9.17, 15) is 9.18 Å². The van der Waals surface area contributed by atoms with Crippen LogP contribution in [0.4, 0.5) is 4.39 Å². The lowest BCUT2D eigenvalue weighted by molar-refractivity contribution is 0.0955. The fourth-order valence-electron chi connectivity index (χ4n) is 2.45. The van der Waals surface area contributed by atoms with E-state index < -0.39 is 0 Å². The summed E-state index contributed by atoms with van der Waals surface area (Å²) in [7, 11) is 1.59. The van der Waals surface area contributed by atoms with Gasteiger partial charge in [0.2, 0.25) is 0 Å². The van der Waals surface area contributed by atoms with Gasteiger partial charge in [-0.1, -0.05) is 42.5 Å². The summed E-state index contributed by atoms with van der Waals surface area (Å²) in [6.07, 6.45) is 1.54. The molecule has 0 radical (unpaired) electrons. The molecule has 3 aromatic carbocycles. The van der Waals surface area contributed by atoms with Gasteiger partial charge in [-0.15, -0.1) is 0 Å². The minimum Gasteiger partial charge on any atom is -0.497 e. The quantitative estimate of drug-likeness (QED) is 0.553. The number of rotatable bonds is 5. The number of carbonyl (C=O) groups is 1. The minimum absolute atomic E-state index is 0.299. The van der Waals surface area contributed by atoms with E-state index in [4.69, 9.17) is 4.74 Å². The molecule has 0 bridgehead atoms. The average molecular weight is 348 g/mol. The van der Waals surface area contributed by atoms with Crippen molar-refractivity contribution in [2.24, 2.45) is 5.10 Å². The van der Waals surface area contributed by atoms with Gasteiger partial charge in [-0.2, -0.15) is 5.10 Å². The van der Waals surface area contributed by atoms with Crippen molar-refractivity contribution in [3.05, 3.63) is 89.7 Å². The second-order valence-electron chi connectivity index (χ2n) is 5.53. The Kier molecular flexibility index (Phi) is 5.39. The zero-order valence-corrected chi connectivity index (χ0v) is 14.1. The van der Waals surface area contributed by atoms with Crippen LogP contribution in [0.25, 0.3) is 11.1 Å². The first kappa shape index (κ1) is 17.4. The Morgan fingerprint density at radius 2 is 1.81 bits per heavy atom. The molecule has 130 valence electrons. The molecule has 5 heteroatoms. The van der Waals surface area contributed by atoms with Crippen LogP contribution in [-0.2, 0) is 0 Å². The number of carbonyl (C=O) groups excluding carboxylic acids is 1. The Morgan fingerprint density at radius 1 is 1.04 bits per heavy atom. The maximum absolute atomic E-state index is 13.8. The lowest BCUT2D eigenvalue weighted by Crippen LogP contribution is -2.17. The Morgan fingerprint density at radius 3 is 2.54 bits per heavy atom. The number of benzene rings is 3. The molecule has 3 rings (SSSR count). The third-order valence-electron chi connectivity index (χ3n) is 3.81. The number of halogens is 1. The number of hydrogen-bond donors (Lipinski definition) is 1. The lowest BCUT2D eigenvalue weighted by Gasteiger charge is -2.05. The standard InChI is InChI=1S/C21H17FN2O2/c1-26-18-6-4-5-15(13-18)14-23-24-21(25)17-11-9-16(10-12-17)19-7-2-3-8-20(19)22/h2-14H,1H3,(H,24,25). The summed E-state index contributed by atoms with van der Waals surface area (Å²) in [4.78, 5) is 12.1. The summed E-state index contributed by atoms with van der Waals surface area (Å²) in [5.41, 5.74) is 4.92. The normalized spacial score (nSPS) is 10.7. The maximum atomic E-state index is 13.8. The SMILES string of the molecule is COc1cccc(C=NNC(=O)c2ccc(-c3ccccc3F)cc2)c1. The maximum Gasteiger partial charge on any atom is 0.271 e. The topological polar surface area (TPSA) is 50.7 Å². The summed E-state index contributed by atoms with van der Waals surface area (Å²) in [6, 6.07) is 20.5. The highest BCUT2D eigenvalue weighted by Crippen LogP contribution is 2.22. The van der Waals surface area contributed by atoms with Gasteiger partial charge in [-0.3, -0.25) is 4.79 Å². The van der Waals surface area contributed by atoms with Crippen LogP contribution in [-0.4, -0.2) is 19.2 Å². The predicted octanol–water partition coefficient (Wildman–Crippen LogP) is 4.27. The summed E-state index contributed by atoms with van der Waals surface area (Å²) in [6.45, 7) is 0. The molecule has 4 nitrogen and oxygen atoms in total. The van der Waals surface area contributed by atoms with Crippen molar-refractivity contribution in [1.82, 2.24) is 5.43 Å². The van der Waals surface area contributed by atoms with Crippen LogP contribution in [0.15, 0.2) is 77.9 Å². The predicted molar refractivity (Wildman–Crippen MR) is 99.9 cm³/mol. The lowest BCUT2D eigenvalue weighted by atomic mass is 10.0. The monoisotopic (exact) mass is 348 g/mol. The van der Waals surface area contributed by atoms with Gasteiger partial charge in [0.15, 0.2) is 0 Å². The highest BCUT2D eigenvalue weighted by atomic mass is 19.1. The zero-order valence-electron chi connectivity index (χ0n) is 14.1. The summed E-state index contributed by atoms with van der Waals surface area (Å²) in [5, 5.41) is 3.95. The van der Waals surface area contributed by atoms with Crippen LogP contribution < -0.4 is 10.2 Å². The summed E-state index contributed by atoms with van der Waals surface area (Å²) >= 11 is 0. The van der Waals surface area contributed by atoms with E-state index >= 15 is 0 Å². The molecule has 3 aromatic rings. The summed E-state index contributed by atoms with van der Waals surface area (Å²) < 4.78 is 18.9. The molecule has 0 aliphatic rings. The average Bonchev–Trinajstić information content (AvgIpc) is 2.68. The first-order valence-electron chi connectivity index (χ1n) is 8.00. The highest BCUT2D eigenvalue weighted by molar-refractivity contribution is 5.95. The highest BCUT2D eigenvalue weighted by Gasteiger charge is 2.07. The van der Waals surface area contributed by atoms with Crippen LogP contribution in [0.2, 0.25) is 0 Å². The molecule has 0 saturated heterocycles. The molecular weight excluding hydrogens is 331 g/mol. The molecule has 0 unspecified atom stereocenters. The number of amides is 1. The number of ether oxygens (including phenoxy) is 1. The molecule has 0 aromatic heterocycles. The molecule has 0 fully saturated rings. The van der Waals surface area contributed by atoms with E-state index in [1.54, 1.807) is 55.6 Å². The molecule has 0 aliphatic heterocycles. The van der Waals surface area contributed by atoms with E-state index in [0.717, 1.165) is 5.56 Å². The van der Waals surface area contributed by atoms with Gasteiger partial charge in [-0.05, 0) is 41.5 Å². The van der Waals surface area contributed by atoms with Crippen LogP contribution in [0.1, 0.15) is 15.9 Å². The molecule has 1 N–H and O–H groups in total. The molecule has 1 amide bonds. The van der Waals surface area contributed by atoms with E-state index in [1.807, 2.05) is 18.2 Å². The van der Waals surface area contributed by atoms with E-state index in [1.165, 1.54) is 12.3 Å². The molecule has 0 atom stereocenters. The molecule has 26 heavy (non-hydrogen) atoms. The minimum atomic E-state index is -0.343. The molecule has 0 spiro atoms. The molecule has 0 aliphatic carbocycles. The van der Waals surface area contributed by atoms with Crippen molar-refractivity contribution < 1.29 is 13.9 Å². The van der Waals surface area contributed by atoms with Gasteiger partial charge >= 0.3 is 0 Å². The van der Waals surface area contributed by atoms with Crippen LogP contribution in [0.5, 0.6) is 5.75 Å². The summed E-state index contributed by atoms with van der Waals surface area (Å²) in [5.74, 6) is 0.0702. The number of methoxy groups -OCH3 is 1. The van der Waals surface area contributed by atoms with Gasteiger partial charge in [0.25, 0.3) is 5.91 Å². The van der Waals surface area contributed by atoms with Crippen molar-refractivity contribution in [2.45, 2.75) is 0 Å². The van der Waals surface area contributed by atoms with Gasteiger partial charge in [0.05, 0.1) is 13.3 Å². The number of nitrogens with zero attached hydrogens (tertiary/aromatic N) is 1. The first-order valence-corrected chi connectivity index (χ1v) is 8.00. The number of hydrogen-bond acceptors (Lipinski definition) is 3. The van der Waals surface area contributed by atoms with E-state index in [0.29, 0.717) is 22.4 Å². The third-order valence-corrected chi connectivity index (χ3v) is 3.81. The van der Waals surface area contributed by atoms with Gasteiger partial charge < -0.3 is 4.74 Å². The van der Waals surface area contributed by atoms with E-state index in [-0.39, 0.29) is 11.7 Å². The van der Waals surface area contributed by atoms with Crippen molar-refractivity contribution in [3.8, 4) is 16.9 Å². The second-order valence-corrected chi connectivity index (χ2v) is 5.53. The number of nitrogens with one attached hydrogen (secondary N) is 1. The Bertz CT molecular complexity index is 937. The third kappa shape index (κ3) is 4.13. The van der Waals surface area contributed by atoms with E-state index in [2.05, 4.69) is 10.5 Å². The molecule has 0 heterocycles. The van der Waals surface area contributed by atoms with Crippen molar-refractivity contribution in [1.29, 1.82) is 0 Å². The fraction of sp³-hybridized carbons (Fsp3) is 0.0476. The van der Waals surface area contributed by atoms with Gasteiger partial charge in [-0.25, -0.2) is 9.82 Å². The Labute approximate surface area is 150 Å². The first-order chi connectivity index (χ1) is 12.7. The van der Waals surface area contributed by atoms with Crippen LogP contribution in [0, 0.1) is 5.82 Å². The Hall–Kier alpha value is -3.47. The second kappa shape index (κ2) is 8.07. The molecular formula is C21H17FN2O2. The van der Waals surface area contributed by atoms with Crippen molar-refractivity contribution in [2.75, 3.05) is 7.11 Å². The largest absolute Gasteiger partial charge is 0.497 e. The van der Waals surface area contributed by atoms with Crippen molar-refractivity contribution >= 4 is 12.1 Å². The fourth-order valence-corrected chi connectivity index (χ4v) is 2.45. The van der Waals surface area contributed by atoms with Gasteiger partial charge in [0, 0.05) is 11.1 Å². The van der Waals surface area contributed by atoms with Crippen LogP contribution >= 0.6 is 0 Å². The zero-order chi connectivity index (χ0) is 18.4. The van der Waals surface area contributed by atoms with Gasteiger partial charge in [0.1, 0.15) is 11.6 Å².